The Hall–Kier alpha value is -2.61. The van der Waals surface area contributed by atoms with Crippen LogP contribution in [-0.2, 0) is 11.3 Å². The predicted molar refractivity (Wildman–Crippen MR) is 79.3 cm³/mol. The van der Waals surface area contributed by atoms with E-state index in [1.807, 2.05) is 29.0 Å². The average molecular weight is 282 g/mol. The van der Waals surface area contributed by atoms with E-state index in [1.165, 1.54) is 0 Å². The van der Waals surface area contributed by atoms with Crippen molar-refractivity contribution < 1.29 is 4.79 Å². The number of rotatable bonds is 7. The summed E-state index contributed by atoms with van der Waals surface area (Å²) in [7, 11) is 0. The van der Waals surface area contributed by atoms with Crippen molar-refractivity contribution in [3.05, 3.63) is 54.6 Å². The highest BCUT2D eigenvalue weighted by molar-refractivity contribution is 5.86. The summed E-state index contributed by atoms with van der Waals surface area (Å²) in [5.74, 6) is -0.967. The normalized spacial score (nSPS) is 11.6. The van der Waals surface area contributed by atoms with Crippen LogP contribution < -0.4 is 5.32 Å². The van der Waals surface area contributed by atoms with Crippen molar-refractivity contribution >= 4 is 5.91 Å². The molecule has 0 saturated carbocycles. The van der Waals surface area contributed by atoms with E-state index in [9.17, 15) is 4.79 Å². The molecule has 0 spiro atoms. The van der Waals surface area contributed by atoms with Crippen LogP contribution in [0.25, 0.3) is 0 Å². The molecule has 21 heavy (non-hydrogen) atoms. The van der Waals surface area contributed by atoms with E-state index in [0.29, 0.717) is 6.54 Å². The maximum Gasteiger partial charge on any atom is 0.241 e. The molecular formula is C16H18N4O. The maximum absolute atomic E-state index is 12.0. The number of imidazole rings is 1. The molecule has 0 saturated heterocycles. The first-order chi connectivity index (χ1) is 10.3. The van der Waals surface area contributed by atoms with Gasteiger partial charge in [0.25, 0.3) is 0 Å². The number of amides is 1. The van der Waals surface area contributed by atoms with E-state index in [0.717, 1.165) is 24.9 Å². The summed E-state index contributed by atoms with van der Waals surface area (Å²) in [6.45, 7) is 1.47. The molecule has 0 aliphatic rings. The Kier molecular flexibility index (Phi) is 5.53. The molecule has 2 rings (SSSR count). The van der Waals surface area contributed by atoms with Crippen LogP contribution in [0.15, 0.2) is 49.1 Å². The van der Waals surface area contributed by atoms with Crippen molar-refractivity contribution in [2.75, 3.05) is 6.54 Å². The SMILES string of the molecule is N#CC(C(=O)NCCCCn1ccnc1)c1ccccc1. The smallest absolute Gasteiger partial charge is 0.241 e. The number of nitriles is 1. The lowest BCUT2D eigenvalue weighted by atomic mass is 10.00. The van der Waals surface area contributed by atoms with E-state index < -0.39 is 5.92 Å². The number of aromatic nitrogens is 2. The topological polar surface area (TPSA) is 70.7 Å². The molecule has 0 fully saturated rings. The van der Waals surface area contributed by atoms with E-state index in [4.69, 9.17) is 5.26 Å². The van der Waals surface area contributed by atoms with Crippen LogP contribution in [0.4, 0.5) is 0 Å². The van der Waals surface area contributed by atoms with Gasteiger partial charge in [-0.15, -0.1) is 0 Å². The van der Waals surface area contributed by atoms with E-state index >= 15 is 0 Å². The first kappa shape index (κ1) is 14.8. The summed E-state index contributed by atoms with van der Waals surface area (Å²) in [5.41, 5.74) is 0.732. The van der Waals surface area contributed by atoms with Crippen molar-refractivity contribution in [1.82, 2.24) is 14.9 Å². The molecule has 0 bridgehead atoms. The molecule has 1 heterocycles. The number of nitrogens with zero attached hydrogens (tertiary/aromatic N) is 3. The van der Waals surface area contributed by atoms with Gasteiger partial charge in [0, 0.05) is 25.5 Å². The summed E-state index contributed by atoms with van der Waals surface area (Å²) in [6, 6.07) is 11.2. The zero-order valence-corrected chi connectivity index (χ0v) is 11.8. The number of unbranched alkanes of at least 4 members (excludes halogenated alkanes) is 1. The number of hydrogen-bond acceptors (Lipinski definition) is 3. The van der Waals surface area contributed by atoms with E-state index in [1.54, 1.807) is 24.7 Å². The highest BCUT2D eigenvalue weighted by Gasteiger charge is 2.18. The summed E-state index contributed by atoms with van der Waals surface area (Å²) in [6.07, 6.45) is 7.27. The molecule has 1 unspecified atom stereocenters. The lowest BCUT2D eigenvalue weighted by Gasteiger charge is -2.10. The first-order valence-electron chi connectivity index (χ1n) is 6.99. The second-order valence-electron chi connectivity index (χ2n) is 4.77. The number of hydrogen-bond donors (Lipinski definition) is 1. The zero-order chi connectivity index (χ0) is 14.9. The molecule has 2 aromatic rings. The minimum atomic E-state index is -0.736. The fourth-order valence-electron chi connectivity index (χ4n) is 2.08. The molecule has 1 N–H and O–H groups in total. The van der Waals surface area contributed by atoms with Crippen LogP contribution in [-0.4, -0.2) is 22.0 Å². The molecule has 0 aliphatic carbocycles. The molecular weight excluding hydrogens is 264 g/mol. The van der Waals surface area contributed by atoms with Crippen molar-refractivity contribution in [2.24, 2.45) is 0 Å². The molecule has 1 atom stereocenters. The van der Waals surface area contributed by atoms with Gasteiger partial charge in [-0.2, -0.15) is 5.26 Å². The first-order valence-corrected chi connectivity index (χ1v) is 6.99. The van der Waals surface area contributed by atoms with Crippen molar-refractivity contribution in [1.29, 1.82) is 5.26 Å². The lowest BCUT2D eigenvalue weighted by Crippen LogP contribution is -2.29. The van der Waals surface area contributed by atoms with Crippen LogP contribution in [0.3, 0.4) is 0 Å². The molecule has 1 aromatic carbocycles. The number of carbonyl (C=O) groups excluding carboxylic acids is 1. The number of benzene rings is 1. The summed E-state index contributed by atoms with van der Waals surface area (Å²) in [4.78, 5) is 16.0. The Morgan fingerprint density at radius 2 is 2.14 bits per heavy atom. The number of carbonyl (C=O) groups is 1. The summed E-state index contributed by atoms with van der Waals surface area (Å²) < 4.78 is 2.00. The minimum absolute atomic E-state index is 0.230. The lowest BCUT2D eigenvalue weighted by molar-refractivity contribution is -0.121. The second-order valence-corrected chi connectivity index (χ2v) is 4.77. The monoisotopic (exact) mass is 282 g/mol. The van der Waals surface area contributed by atoms with Gasteiger partial charge in [0.05, 0.1) is 12.4 Å². The predicted octanol–water partition coefficient (Wildman–Crippen LogP) is 2.09. The van der Waals surface area contributed by atoms with Gasteiger partial charge in [0.1, 0.15) is 5.92 Å². The molecule has 5 heteroatoms. The fraction of sp³-hybridized carbons (Fsp3) is 0.312. The van der Waals surface area contributed by atoms with E-state index in [2.05, 4.69) is 16.4 Å². The molecule has 1 amide bonds. The van der Waals surface area contributed by atoms with Gasteiger partial charge in [-0.3, -0.25) is 4.79 Å². The Balaban J connectivity index is 1.72. The highest BCUT2D eigenvalue weighted by atomic mass is 16.1. The van der Waals surface area contributed by atoms with Crippen LogP contribution in [0.2, 0.25) is 0 Å². The second kappa shape index (κ2) is 7.85. The van der Waals surface area contributed by atoms with Crippen molar-refractivity contribution in [3.8, 4) is 6.07 Å². The highest BCUT2D eigenvalue weighted by Crippen LogP contribution is 2.14. The number of aryl methyl sites for hydroxylation is 1. The third-order valence-electron chi connectivity index (χ3n) is 3.23. The zero-order valence-electron chi connectivity index (χ0n) is 11.8. The Labute approximate surface area is 124 Å². The van der Waals surface area contributed by atoms with Crippen LogP contribution in [0.1, 0.15) is 24.3 Å². The molecule has 5 nitrogen and oxygen atoms in total. The van der Waals surface area contributed by atoms with Gasteiger partial charge < -0.3 is 9.88 Å². The third kappa shape index (κ3) is 4.46. The maximum atomic E-state index is 12.0. The molecule has 108 valence electrons. The third-order valence-corrected chi connectivity index (χ3v) is 3.23. The Morgan fingerprint density at radius 3 is 2.81 bits per heavy atom. The fourth-order valence-corrected chi connectivity index (χ4v) is 2.08. The van der Waals surface area contributed by atoms with Crippen molar-refractivity contribution in [2.45, 2.75) is 25.3 Å². The minimum Gasteiger partial charge on any atom is -0.355 e. The average Bonchev–Trinajstić information content (AvgIpc) is 3.02. The van der Waals surface area contributed by atoms with Gasteiger partial charge in [-0.05, 0) is 18.4 Å². The standard InChI is InChI=1S/C16H18N4O/c17-12-15(14-6-2-1-3-7-14)16(21)19-8-4-5-10-20-11-9-18-13-20/h1-3,6-7,9,11,13,15H,4-5,8,10H2,(H,19,21). The van der Waals surface area contributed by atoms with E-state index in [-0.39, 0.29) is 5.91 Å². The quantitative estimate of drug-likeness (QED) is 0.790. The molecule has 1 aromatic heterocycles. The Bertz CT molecular complexity index is 586. The van der Waals surface area contributed by atoms with Crippen LogP contribution >= 0.6 is 0 Å². The number of nitrogens with one attached hydrogen (secondary N) is 1. The van der Waals surface area contributed by atoms with Gasteiger partial charge >= 0.3 is 0 Å². The largest absolute Gasteiger partial charge is 0.355 e. The Morgan fingerprint density at radius 1 is 1.33 bits per heavy atom. The van der Waals surface area contributed by atoms with Crippen LogP contribution in [0.5, 0.6) is 0 Å². The summed E-state index contributed by atoms with van der Waals surface area (Å²) >= 11 is 0. The van der Waals surface area contributed by atoms with Gasteiger partial charge in [0.15, 0.2) is 0 Å². The van der Waals surface area contributed by atoms with Gasteiger partial charge in [0.2, 0.25) is 5.91 Å². The van der Waals surface area contributed by atoms with Gasteiger partial charge in [-0.25, -0.2) is 4.98 Å². The van der Waals surface area contributed by atoms with Gasteiger partial charge in [-0.1, -0.05) is 30.3 Å². The molecule has 0 aliphatic heterocycles. The molecule has 0 radical (unpaired) electrons. The van der Waals surface area contributed by atoms with Crippen molar-refractivity contribution in [3.63, 3.8) is 0 Å². The summed E-state index contributed by atoms with van der Waals surface area (Å²) in [5, 5.41) is 12.0. The van der Waals surface area contributed by atoms with Crippen LogP contribution in [0, 0.1) is 11.3 Å².